The second-order valence-corrected chi connectivity index (χ2v) is 12.1. The topological polar surface area (TPSA) is 114 Å². The third kappa shape index (κ3) is 5.32. The van der Waals surface area contributed by atoms with Crippen LogP contribution in [0.2, 0.25) is 4.34 Å². The maximum absolute atomic E-state index is 12.7. The molecule has 1 aliphatic rings. The SMILES string of the molecule is Cc1cc(-c2nn(C)c3nc(NCCN4CCOCC4)ncc23)ccc1NS(=O)(=O)c1ccc(Cl)s1. The fourth-order valence-corrected chi connectivity index (χ4v) is 6.66. The molecule has 190 valence electrons. The molecule has 3 aromatic heterocycles. The van der Waals surface area contributed by atoms with Crippen LogP contribution in [0.25, 0.3) is 22.3 Å². The summed E-state index contributed by atoms with van der Waals surface area (Å²) in [6, 6.07) is 8.53. The number of nitrogens with zero attached hydrogens (tertiary/aromatic N) is 5. The minimum atomic E-state index is -3.71. The van der Waals surface area contributed by atoms with Crippen molar-refractivity contribution >= 4 is 55.6 Å². The van der Waals surface area contributed by atoms with Gasteiger partial charge in [-0.25, -0.2) is 18.1 Å². The van der Waals surface area contributed by atoms with Crippen LogP contribution in [0.5, 0.6) is 0 Å². The summed E-state index contributed by atoms with van der Waals surface area (Å²) in [7, 11) is -1.87. The van der Waals surface area contributed by atoms with Crippen LogP contribution in [0.15, 0.2) is 40.7 Å². The minimum absolute atomic E-state index is 0.165. The van der Waals surface area contributed by atoms with E-state index < -0.39 is 10.0 Å². The Morgan fingerprint density at radius 1 is 1.19 bits per heavy atom. The van der Waals surface area contributed by atoms with Crippen LogP contribution in [0.3, 0.4) is 0 Å². The van der Waals surface area contributed by atoms with Crippen LogP contribution in [0.4, 0.5) is 11.6 Å². The smallest absolute Gasteiger partial charge is 0.271 e. The molecule has 0 atom stereocenters. The highest BCUT2D eigenvalue weighted by Crippen LogP contribution is 2.32. The molecule has 5 rings (SSSR count). The molecule has 1 aliphatic heterocycles. The Balaban J connectivity index is 1.33. The van der Waals surface area contributed by atoms with Gasteiger partial charge in [-0.05, 0) is 36.8 Å². The van der Waals surface area contributed by atoms with Crippen molar-refractivity contribution in [2.75, 3.05) is 49.4 Å². The molecule has 4 aromatic rings. The fraction of sp³-hybridized carbons (Fsp3) is 0.348. The van der Waals surface area contributed by atoms with Gasteiger partial charge in [0.05, 0.1) is 28.6 Å². The molecule has 1 aromatic carbocycles. The first-order chi connectivity index (χ1) is 17.3. The van der Waals surface area contributed by atoms with Crippen molar-refractivity contribution in [1.82, 2.24) is 24.6 Å². The summed E-state index contributed by atoms with van der Waals surface area (Å²) in [5.41, 5.74) is 3.55. The Labute approximate surface area is 218 Å². The normalized spacial score (nSPS) is 14.9. The first-order valence-corrected chi connectivity index (χ1v) is 14.1. The summed E-state index contributed by atoms with van der Waals surface area (Å²) in [6.07, 6.45) is 1.77. The number of sulfonamides is 1. The molecule has 13 heteroatoms. The molecule has 0 aliphatic carbocycles. The van der Waals surface area contributed by atoms with E-state index in [4.69, 9.17) is 16.3 Å². The van der Waals surface area contributed by atoms with Gasteiger partial charge in [-0.3, -0.25) is 9.62 Å². The number of hydrogen-bond acceptors (Lipinski definition) is 9. The average molecular weight is 548 g/mol. The van der Waals surface area contributed by atoms with Gasteiger partial charge in [0.25, 0.3) is 10.0 Å². The number of thiophene rings is 1. The van der Waals surface area contributed by atoms with Gasteiger partial charge in [0, 0.05) is 45.0 Å². The molecule has 0 spiro atoms. The average Bonchev–Trinajstić information content (AvgIpc) is 3.45. The van der Waals surface area contributed by atoms with E-state index >= 15 is 0 Å². The second kappa shape index (κ2) is 10.3. The van der Waals surface area contributed by atoms with Gasteiger partial charge in [-0.15, -0.1) is 11.3 Å². The number of aromatic nitrogens is 4. The number of anilines is 2. The first-order valence-electron chi connectivity index (χ1n) is 11.4. The Morgan fingerprint density at radius 3 is 2.72 bits per heavy atom. The van der Waals surface area contributed by atoms with Crippen molar-refractivity contribution in [2.45, 2.75) is 11.1 Å². The van der Waals surface area contributed by atoms with Crippen LogP contribution >= 0.6 is 22.9 Å². The summed E-state index contributed by atoms with van der Waals surface area (Å²) in [5.74, 6) is 0.555. The lowest BCUT2D eigenvalue weighted by Gasteiger charge is -2.26. The molecule has 0 bridgehead atoms. The summed E-state index contributed by atoms with van der Waals surface area (Å²) in [5, 5.41) is 8.78. The lowest BCUT2D eigenvalue weighted by molar-refractivity contribution is 0.0398. The Bertz CT molecular complexity index is 1500. The third-order valence-corrected chi connectivity index (χ3v) is 9.04. The third-order valence-electron chi connectivity index (χ3n) is 5.95. The van der Waals surface area contributed by atoms with Crippen molar-refractivity contribution < 1.29 is 13.2 Å². The van der Waals surface area contributed by atoms with Crippen LogP contribution < -0.4 is 10.0 Å². The highest BCUT2D eigenvalue weighted by atomic mass is 35.5. The van der Waals surface area contributed by atoms with E-state index in [2.05, 4.69) is 30.0 Å². The van der Waals surface area contributed by atoms with E-state index in [0.717, 1.165) is 72.9 Å². The number of rotatable bonds is 8. The van der Waals surface area contributed by atoms with E-state index in [1.54, 1.807) is 23.0 Å². The largest absolute Gasteiger partial charge is 0.379 e. The number of nitrogens with one attached hydrogen (secondary N) is 2. The van der Waals surface area contributed by atoms with Crippen molar-refractivity contribution in [3.05, 3.63) is 46.4 Å². The van der Waals surface area contributed by atoms with E-state index in [-0.39, 0.29) is 4.21 Å². The Hall–Kier alpha value is -2.77. The number of halogens is 1. The number of fused-ring (bicyclic) bond motifs is 1. The molecule has 0 amide bonds. The summed E-state index contributed by atoms with van der Waals surface area (Å²) >= 11 is 6.92. The summed E-state index contributed by atoms with van der Waals surface area (Å²) < 4.78 is 35.7. The first kappa shape index (κ1) is 24.9. The Kier molecular flexibility index (Phi) is 7.13. The zero-order valence-corrected chi connectivity index (χ0v) is 22.3. The quantitative estimate of drug-likeness (QED) is 0.344. The fourth-order valence-electron chi connectivity index (χ4n) is 4.05. The maximum atomic E-state index is 12.7. The van der Waals surface area contributed by atoms with Gasteiger partial charge in [0.1, 0.15) is 9.90 Å². The van der Waals surface area contributed by atoms with Crippen molar-refractivity contribution in [2.24, 2.45) is 7.05 Å². The number of ether oxygens (including phenoxy) is 1. The van der Waals surface area contributed by atoms with E-state index in [9.17, 15) is 8.42 Å². The summed E-state index contributed by atoms with van der Waals surface area (Å²) in [4.78, 5) is 11.5. The van der Waals surface area contributed by atoms with Gasteiger partial charge >= 0.3 is 0 Å². The van der Waals surface area contributed by atoms with Gasteiger partial charge < -0.3 is 10.1 Å². The molecule has 4 heterocycles. The zero-order valence-electron chi connectivity index (χ0n) is 19.9. The molecule has 1 saturated heterocycles. The maximum Gasteiger partial charge on any atom is 0.271 e. The molecule has 1 fully saturated rings. The second-order valence-electron chi connectivity index (χ2n) is 8.48. The van der Waals surface area contributed by atoms with Crippen LogP contribution in [-0.2, 0) is 21.8 Å². The van der Waals surface area contributed by atoms with Gasteiger partial charge in [-0.1, -0.05) is 17.7 Å². The Morgan fingerprint density at radius 2 is 2.00 bits per heavy atom. The predicted molar refractivity (Wildman–Crippen MR) is 142 cm³/mol. The highest BCUT2D eigenvalue weighted by molar-refractivity contribution is 7.94. The van der Waals surface area contributed by atoms with E-state index in [0.29, 0.717) is 21.6 Å². The monoisotopic (exact) mass is 547 g/mol. The van der Waals surface area contributed by atoms with Crippen molar-refractivity contribution in [3.8, 4) is 11.3 Å². The van der Waals surface area contributed by atoms with E-state index in [1.807, 2.05) is 26.1 Å². The molecule has 0 radical (unpaired) electrons. The number of morpholine rings is 1. The van der Waals surface area contributed by atoms with Crippen LogP contribution in [-0.4, -0.2) is 72.5 Å². The van der Waals surface area contributed by atoms with Gasteiger partial charge in [0.15, 0.2) is 5.65 Å². The molecule has 2 N–H and O–H groups in total. The molecule has 0 saturated carbocycles. The highest BCUT2D eigenvalue weighted by Gasteiger charge is 2.19. The van der Waals surface area contributed by atoms with Gasteiger partial charge in [0.2, 0.25) is 5.95 Å². The van der Waals surface area contributed by atoms with Crippen molar-refractivity contribution in [1.29, 1.82) is 0 Å². The minimum Gasteiger partial charge on any atom is -0.379 e. The van der Waals surface area contributed by atoms with Crippen LogP contribution in [0.1, 0.15) is 5.56 Å². The molecular formula is C23H26ClN7O3S2. The lowest BCUT2D eigenvalue weighted by atomic mass is 10.1. The molecule has 36 heavy (non-hydrogen) atoms. The predicted octanol–water partition coefficient (Wildman–Crippen LogP) is 3.60. The van der Waals surface area contributed by atoms with Gasteiger partial charge in [-0.2, -0.15) is 10.1 Å². The number of aryl methyl sites for hydroxylation is 2. The van der Waals surface area contributed by atoms with Crippen LogP contribution in [0, 0.1) is 6.92 Å². The summed E-state index contributed by atoms with van der Waals surface area (Å²) in [6.45, 7) is 6.91. The van der Waals surface area contributed by atoms with Crippen molar-refractivity contribution in [3.63, 3.8) is 0 Å². The lowest BCUT2D eigenvalue weighted by Crippen LogP contribution is -2.39. The standard InChI is InChI=1S/C23H26ClN7O3S2/c1-15-13-16(3-4-18(15)29-36(32,33)20-6-5-19(24)35-20)21-17-14-26-23(27-22(17)30(2)28-21)25-7-8-31-9-11-34-12-10-31/h3-6,13-14,29H,7-12H2,1-2H3,(H,25,26,27). The molecule has 0 unspecified atom stereocenters. The number of benzene rings is 1. The van der Waals surface area contributed by atoms with E-state index in [1.165, 1.54) is 6.07 Å². The molecule has 10 nitrogen and oxygen atoms in total. The number of hydrogen-bond donors (Lipinski definition) is 2. The zero-order chi connectivity index (χ0) is 25.3. The molecular weight excluding hydrogens is 522 g/mol.